The summed E-state index contributed by atoms with van der Waals surface area (Å²) in [5, 5.41) is 0. The molecule has 76 valence electrons. The predicted molar refractivity (Wildman–Crippen MR) is 57.7 cm³/mol. The summed E-state index contributed by atoms with van der Waals surface area (Å²) in [5.74, 6) is 2.27. The third-order valence-electron chi connectivity index (χ3n) is 4.67. The summed E-state index contributed by atoms with van der Waals surface area (Å²) in [6, 6.07) is 0. The quantitative estimate of drug-likeness (QED) is 0.563. The fourth-order valence-corrected chi connectivity index (χ4v) is 3.68. The molecule has 0 nitrogen and oxygen atoms in total. The SMILES string of the molecule is CCCCCC1(C)C2CCCCC21. The normalized spacial score (nSPS) is 42.9. The molecule has 2 atom stereocenters. The molecular formula is C13H24. The van der Waals surface area contributed by atoms with Gasteiger partial charge in [0.15, 0.2) is 0 Å². The molecule has 0 N–H and O–H groups in total. The minimum absolute atomic E-state index is 0.797. The van der Waals surface area contributed by atoms with E-state index in [2.05, 4.69) is 13.8 Å². The number of hydrogen-bond donors (Lipinski definition) is 0. The average Bonchev–Trinajstić information content (AvgIpc) is 2.75. The molecule has 0 bridgehead atoms. The van der Waals surface area contributed by atoms with E-state index in [-0.39, 0.29) is 0 Å². The van der Waals surface area contributed by atoms with Crippen molar-refractivity contribution in [1.82, 2.24) is 0 Å². The zero-order valence-corrected chi connectivity index (χ0v) is 9.31. The molecule has 2 saturated carbocycles. The molecule has 0 radical (unpaired) electrons. The van der Waals surface area contributed by atoms with Gasteiger partial charge in [-0.05, 0) is 36.5 Å². The Kier molecular flexibility index (Phi) is 2.67. The summed E-state index contributed by atoms with van der Waals surface area (Å²) in [7, 11) is 0. The number of fused-ring (bicyclic) bond motifs is 1. The molecule has 2 unspecified atom stereocenters. The second-order valence-corrected chi connectivity index (χ2v) is 5.46. The minimum atomic E-state index is 0.797. The monoisotopic (exact) mass is 180 g/mol. The Morgan fingerprint density at radius 2 is 1.69 bits per heavy atom. The molecule has 13 heavy (non-hydrogen) atoms. The number of rotatable bonds is 4. The maximum absolute atomic E-state index is 2.56. The second-order valence-electron chi connectivity index (χ2n) is 5.46. The summed E-state index contributed by atoms with van der Waals surface area (Å²) in [5.41, 5.74) is 0.797. The summed E-state index contributed by atoms with van der Waals surface area (Å²) in [6.45, 7) is 4.87. The van der Waals surface area contributed by atoms with Crippen LogP contribution < -0.4 is 0 Å². The molecule has 0 aromatic rings. The topological polar surface area (TPSA) is 0 Å². The zero-order chi connectivity index (χ0) is 9.31. The lowest BCUT2D eigenvalue weighted by atomic mass is 9.96. The zero-order valence-electron chi connectivity index (χ0n) is 9.31. The van der Waals surface area contributed by atoms with Gasteiger partial charge in [-0.3, -0.25) is 0 Å². The Labute approximate surface area is 83.1 Å². The van der Waals surface area contributed by atoms with E-state index in [9.17, 15) is 0 Å². The largest absolute Gasteiger partial charge is 0.0654 e. The van der Waals surface area contributed by atoms with Crippen LogP contribution in [0.5, 0.6) is 0 Å². The smallest absolute Gasteiger partial charge is 0.0264 e. The maximum Gasteiger partial charge on any atom is -0.0264 e. The average molecular weight is 180 g/mol. The first kappa shape index (κ1) is 9.55. The van der Waals surface area contributed by atoms with Gasteiger partial charge in [0, 0.05) is 0 Å². The lowest BCUT2D eigenvalue weighted by Crippen LogP contribution is -1.98. The van der Waals surface area contributed by atoms with Crippen molar-refractivity contribution in [3.8, 4) is 0 Å². The van der Waals surface area contributed by atoms with Crippen molar-refractivity contribution < 1.29 is 0 Å². The molecule has 2 rings (SSSR count). The maximum atomic E-state index is 2.56. The molecule has 2 aliphatic rings. The van der Waals surface area contributed by atoms with E-state index in [0.29, 0.717) is 0 Å². The molecule has 0 aliphatic heterocycles. The van der Waals surface area contributed by atoms with Crippen molar-refractivity contribution in [2.45, 2.75) is 65.2 Å². The van der Waals surface area contributed by atoms with Crippen molar-refractivity contribution >= 4 is 0 Å². The van der Waals surface area contributed by atoms with Crippen LogP contribution in [-0.2, 0) is 0 Å². The summed E-state index contributed by atoms with van der Waals surface area (Å²) in [6.07, 6.45) is 12.0. The Morgan fingerprint density at radius 1 is 1.08 bits per heavy atom. The van der Waals surface area contributed by atoms with Gasteiger partial charge in [-0.1, -0.05) is 46.0 Å². The molecule has 0 aromatic carbocycles. The van der Waals surface area contributed by atoms with E-state index in [1.165, 1.54) is 38.5 Å². The summed E-state index contributed by atoms with van der Waals surface area (Å²) < 4.78 is 0. The molecule has 2 aliphatic carbocycles. The van der Waals surface area contributed by atoms with Crippen molar-refractivity contribution in [3.63, 3.8) is 0 Å². The lowest BCUT2D eigenvalue weighted by molar-refractivity contribution is 0.415. The molecular weight excluding hydrogens is 156 g/mol. The Bertz CT molecular complexity index is 159. The van der Waals surface area contributed by atoms with Crippen LogP contribution in [0.2, 0.25) is 0 Å². The van der Waals surface area contributed by atoms with Gasteiger partial charge in [0.25, 0.3) is 0 Å². The van der Waals surface area contributed by atoms with Crippen molar-refractivity contribution in [3.05, 3.63) is 0 Å². The standard InChI is InChI=1S/C13H24/c1-3-4-7-10-13(2)11-8-5-6-9-12(11)13/h11-12H,3-10H2,1-2H3. The van der Waals surface area contributed by atoms with Gasteiger partial charge < -0.3 is 0 Å². The Morgan fingerprint density at radius 3 is 2.23 bits per heavy atom. The molecule has 0 amide bonds. The highest BCUT2D eigenvalue weighted by molar-refractivity contribution is 5.08. The first-order chi connectivity index (χ1) is 6.29. The van der Waals surface area contributed by atoms with E-state index in [0.717, 1.165) is 17.3 Å². The van der Waals surface area contributed by atoms with E-state index < -0.39 is 0 Å². The van der Waals surface area contributed by atoms with Crippen LogP contribution in [0, 0.1) is 17.3 Å². The first-order valence-corrected chi connectivity index (χ1v) is 6.29. The van der Waals surface area contributed by atoms with Gasteiger partial charge in [-0.25, -0.2) is 0 Å². The van der Waals surface area contributed by atoms with Crippen molar-refractivity contribution in [2.75, 3.05) is 0 Å². The molecule has 0 aromatic heterocycles. The second kappa shape index (κ2) is 3.63. The van der Waals surface area contributed by atoms with Crippen LogP contribution in [-0.4, -0.2) is 0 Å². The van der Waals surface area contributed by atoms with Crippen LogP contribution in [0.15, 0.2) is 0 Å². The molecule has 0 heteroatoms. The highest BCUT2D eigenvalue weighted by atomic mass is 14.6. The molecule has 0 heterocycles. The fourth-order valence-electron chi connectivity index (χ4n) is 3.68. The first-order valence-electron chi connectivity index (χ1n) is 6.29. The lowest BCUT2D eigenvalue weighted by Gasteiger charge is -2.09. The van der Waals surface area contributed by atoms with Crippen LogP contribution in [0.25, 0.3) is 0 Å². The van der Waals surface area contributed by atoms with Crippen LogP contribution in [0.4, 0.5) is 0 Å². The highest BCUT2D eigenvalue weighted by Crippen LogP contribution is 2.67. The number of hydrogen-bond acceptors (Lipinski definition) is 0. The molecule has 0 spiro atoms. The Balaban J connectivity index is 1.78. The third kappa shape index (κ3) is 1.65. The summed E-state index contributed by atoms with van der Waals surface area (Å²) >= 11 is 0. The number of unbranched alkanes of at least 4 members (excludes halogenated alkanes) is 2. The third-order valence-corrected chi connectivity index (χ3v) is 4.67. The van der Waals surface area contributed by atoms with Crippen LogP contribution in [0.3, 0.4) is 0 Å². The van der Waals surface area contributed by atoms with Gasteiger partial charge in [0.1, 0.15) is 0 Å². The highest BCUT2D eigenvalue weighted by Gasteiger charge is 2.59. The van der Waals surface area contributed by atoms with Gasteiger partial charge in [-0.15, -0.1) is 0 Å². The fraction of sp³-hybridized carbons (Fsp3) is 1.00. The van der Waals surface area contributed by atoms with Gasteiger partial charge >= 0.3 is 0 Å². The minimum Gasteiger partial charge on any atom is -0.0654 e. The predicted octanol–water partition coefficient (Wildman–Crippen LogP) is 4.39. The van der Waals surface area contributed by atoms with Gasteiger partial charge in [-0.2, -0.15) is 0 Å². The molecule has 2 fully saturated rings. The van der Waals surface area contributed by atoms with E-state index in [1.54, 1.807) is 12.8 Å². The van der Waals surface area contributed by atoms with Gasteiger partial charge in [0.2, 0.25) is 0 Å². The van der Waals surface area contributed by atoms with Crippen LogP contribution >= 0.6 is 0 Å². The van der Waals surface area contributed by atoms with E-state index in [4.69, 9.17) is 0 Å². The van der Waals surface area contributed by atoms with Crippen LogP contribution in [0.1, 0.15) is 65.2 Å². The molecule has 0 saturated heterocycles. The summed E-state index contributed by atoms with van der Waals surface area (Å²) in [4.78, 5) is 0. The van der Waals surface area contributed by atoms with Crippen molar-refractivity contribution in [1.29, 1.82) is 0 Å². The van der Waals surface area contributed by atoms with Crippen molar-refractivity contribution in [2.24, 2.45) is 17.3 Å². The van der Waals surface area contributed by atoms with E-state index in [1.807, 2.05) is 0 Å². The Hall–Kier alpha value is 0. The van der Waals surface area contributed by atoms with E-state index >= 15 is 0 Å². The van der Waals surface area contributed by atoms with Gasteiger partial charge in [0.05, 0.1) is 0 Å².